The molecule has 1 aromatic rings. The van der Waals surface area contributed by atoms with Gasteiger partial charge in [0.2, 0.25) is 0 Å². The fourth-order valence-electron chi connectivity index (χ4n) is 6.56. The molecular weight excluding hydrogens is 402 g/mol. The summed E-state index contributed by atoms with van der Waals surface area (Å²) in [7, 11) is 0. The van der Waals surface area contributed by atoms with Crippen LogP contribution in [-0.4, -0.2) is 12.7 Å². The van der Waals surface area contributed by atoms with Crippen molar-refractivity contribution in [2.45, 2.75) is 115 Å². The minimum Gasteiger partial charge on any atom is -0.377 e. The zero-order chi connectivity index (χ0) is 22.5. The van der Waals surface area contributed by atoms with E-state index in [0.29, 0.717) is 23.7 Å². The molecule has 3 atom stereocenters. The quantitative estimate of drug-likeness (QED) is 0.382. The van der Waals surface area contributed by atoms with Crippen LogP contribution in [0.5, 0.6) is 0 Å². The van der Waals surface area contributed by atoms with E-state index in [1.807, 2.05) is 12.1 Å². The number of benzene rings is 1. The Morgan fingerprint density at radius 3 is 2.09 bits per heavy atom. The Morgan fingerprint density at radius 1 is 0.844 bits per heavy atom. The monoisotopic (exact) mass is 444 g/mol. The van der Waals surface area contributed by atoms with E-state index in [0.717, 1.165) is 50.9 Å². The first-order valence-electron chi connectivity index (χ1n) is 13.4. The molecule has 0 bridgehead atoms. The first-order chi connectivity index (χ1) is 15.6. The number of allylic oxidation sites excluding steroid dienone is 2. The van der Waals surface area contributed by atoms with Gasteiger partial charge in [-0.15, -0.1) is 0 Å². The van der Waals surface area contributed by atoms with E-state index in [1.165, 1.54) is 38.5 Å². The average Bonchev–Trinajstić information content (AvgIpc) is 2.83. The highest BCUT2D eigenvalue weighted by molar-refractivity contribution is 5.32. The molecule has 0 amide bonds. The summed E-state index contributed by atoms with van der Waals surface area (Å²) < 4.78 is 36.5. The predicted octanol–water partition coefficient (Wildman–Crippen LogP) is 8.83. The molecule has 1 nitrogen and oxygen atoms in total. The Hall–Kier alpha value is -1.22. The number of halogens is 2. The second-order valence-corrected chi connectivity index (χ2v) is 10.7. The molecule has 3 aliphatic rings. The van der Waals surface area contributed by atoms with Gasteiger partial charge in [-0.1, -0.05) is 56.9 Å². The van der Waals surface area contributed by atoms with Crippen LogP contribution in [-0.2, 0) is 4.74 Å². The molecule has 178 valence electrons. The molecule has 1 aliphatic heterocycles. The molecule has 0 aromatic heterocycles. The van der Waals surface area contributed by atoms with Crippen molar-refractivity contribution in [2.75, 3.05) is 6.61 Å². The predicted molar refractivity (Wildman–Crippen MR) is 128 cm³/mol. The highest BCUT2D eigenvalue weighted by atomic mass is 19.2. The van der Waals surface area contributed by atoms with Gasteiger partial charge in [0.15, 0.2) is 11.6 Å². The molecule has 0 N–H and O–H groups in total. The smallest absolute Gasteiger partial charge is 0.162 e. The number of hydrogen-bond acceptors (Lipinski definition) is 1. The first kappa shape index (κ1) is 23.9. The van der Waals surface area contributed by atoms with Crippen molar-refractivity contribution in [1.82, 2.24) is 0 Å². The second kappa shape index (κ2) is 11.3. The first-order valence-corrected chi connectivity index (χ1v) is 13.4. The van der Waals surface area contributed by atoms with E-state index in [1.54, 1.807) is 5.57 Å². The van der Waals surface area contributed by atoms with Gasteiger partial charge < -0.3 is 4.74 Å². The van der Waals surface area contributed by atoms with Gasteiger partial charge in [0.05, 0.1) is 12.7 Å². The summed E-state index contributed by atoms with van der Waals surface area (Å²) in [5.41, 5.74) is 2.74. The second-order valence-electron chi connectivity index (χ2n) is 10.7. The van der Waals surface area contributed by atoms with Crippen molar-refractivity contribution in [1.29, 1.82) is 0 Å². The normalized spacial score (nSPS) is 31.4. The Balaban J connectivity index is 1.34. The summed E-state index contributed by atoms with van der Waals surface area (Å²) >= 11 is 0. The molecule has 0 spiro atoms. The van der Waals surface area contributed by atoms with Crippen molar-refractivity contribution >= 4 is 0 Å². The van der Waals surface area contributed by atoms with Gasteiger partial charge in [0, 0.05) is 5.92 Å². The minimum absolute atomic E-state index is 0.0233. The average molecular weight is 445 g/mol. The van der Waals surface area contributed by atoms with E-state index in [-0.39, 0.29) is 17.9 Å². The van der Waals surface area contributed by atoms with E-state index in [9.17, 15) is 0 Å². The lowest BCUT2D eigenvalue weighted by molar-refractivity contribution is -0.0341. The third kappa shape index (κ3) is 5.46. The maximum absolute atomic E-state index is 15.1. The molecule has 1 aromatic carbocycles. The zero-order valence-electron chi connectivity index (χ0n) is 20.2. The van der Waals surface area contributed by atoms with Crippen LogP contribution in [0, 0.1) is 23.5 Å². The summed E-state index contributed by atoms with van der Waals surface area (Å²) in [5, 5.41) is 0. The Kier molecular flexibility index (Phi) is 8.43. The molecule has 2 aliphatic carbocycles. The molecule has 4 rings (SSSR count). The molecule has 2 fully saturated rings. The lowest BCUT2D eigenvalue weighted by atomic mass is 9.76. The van der Waals surface area contributed by atoms with Gasteiger partial charge in [-0.05, 0) is 93.1 Å². The highest BCUT2D eigenvalue weighted by Crippen LogP contribution is 2.41. The molecular formula is C29H42F2O. The van der Waals surface area contributed by atoms with Crippen LogP contribution in [0.3, 0.4) is 0 Å². The molecule has 32 heavy (non-hydrogen) atoms. The standard InChI is InChI=1S/C29H42F2O/c1-3-5-20-7-11-22(12-8-20)25-16-17-26(29(31)28(25)30)24-15-18-27(32-19-24)23-13-9-21(6-4-2)10-14-23/h9,16-17,20,22-24,27H,3-8,10-15,18-19H2,1-2H3. The Morgan fingerprint density at radius 2 is 1.53 bits per heavy atom. The lowest BCUT2D eigenvalue weighted by Crippen LogP contribution is -2.32. The maximum atomic E-state index is 15.1. The molecule has 3 heteroatoms. The summed E-state index contributed by atoms with van der Waals surface area (Å²) in [6, 6.07) is 3.74. The molecule has 0 radical (unpaired) electrons. The molecule has 1 saturated heterocycles. The van der Waals surface area contributed by atoms with Crippen molar-refractivity contribution in [3.8, 4) is 0 Å². The van der Waals surface area contributed by atoms with E-state index in [2.05, 4.69) is 19.9 Å². The van der Waals surface area contributed by atoms with E-state index >= 15 is 8.78 Å². The van der Waals surface area contributed by atoms with Gasteiger partial charge in [-0.2, -0.15) is 0 Å². The van der Waals surface area contributed by atoms with Gasteiger partial charge in [-0.3, -0.25) is 0 Å². The maximum Gasteiger partial charge on any atom is 0.162 e. The fourth-order valence-corrected chi connectivity index (χ4v) is 6.56. The van der Waals surface area contributed by atoms with Crippen LogP contribution in [0.1, 0.15) is 120 Å². The summed E-state index contributed by atoms with van der Waals surface area (Å²) in [6.45, 7) is 4.99. The largest absolute Gasteiger partial charge is 0.377 e. The van der Waals surface area contributed by atoms with Crippen molar-refractivity contribution < 1.29 is 13.5 Å². The summed E-state index contributed by atoms with van der Waals surface area (Å²) in [4.78, 5) is 0. The third-order valence-electron chi connectivity index (χ3n) is 8.52. The van der Waals surface area contributed by atoms with Gasteiger partial charge in [0.1, 0.15) is 0 Å². The van der Waals surface area contributed by atoms with Crippen molar-refractivity contribution in [3.05, 3.63) is 46.5 Å². The lowest BCUT2D eigenvalue weighted by Gasteiger charge is -2.36. The minimum atomic E-state index is -0.616. The number of rotatable bonds is 7. The van der Waals surface area contributed by atoms with Crippen molar-refractivity contribution in [3.63, 3.8) is 0 Å². The SMILES string of the molecule is CCCC1=CCC(C2CCC(c3ccc(C4CCC(CCC)CC4)c(F)c3F)CO2)CC1. The zero-order valence-corrected chi connectivity index (χ0v) is 20.2. The van der Waals surface area contributed by atoms with Crippen LogP contribution >= 0.6 is 0 Å². The summed E-state index contributed by atoms with van der Waals surface area (Å²) in [5.74, 6) is 0.303. The topological polar surface area (TPSA) is 9.23 Å². The fraction of sp³-hybridized carbons (Fsp3) is 0.724. The van der Waals surface area contributed by atoms with Gasteiger partial charge >= 0.3 is 0 Å². The van der Waals surface area contributed by atoms with Crippen LogP contribution in [0.15, 0.2) is 23.8 Å². The van der Waals surface area contributed by atoms with Crippen molar-refractivity contribution in [2.24, 2.45) is 11.8 Å². The highest BCUT2D eigenvalue weighted by Gasteiger charge is 2.32. The van der Waals surface area contributed by atoms with Crippen LogP contribution in [0.4, 0.5) is 8.78 Å². The van der Waals surface area contributed by atoms with Crippen LogP contribution in [0.25, 0.3) is 0 Å². The Labute approximate surface area is 194 Å². The van der Waals surface area contributed by atoms with E-state index in [4.69, 9.17) is 4.74 Å². The third-order valence-corrected chi connectivity index (χ3v) is 8.52. The van der Waals surface area contributed by atoms with Crippen LogP contribution in [0.2, 0.25) is 0 Å². The van der Waals surface area contributed by atoms with E-state index < -0.39 is 11.6 Å². The Bertz CT molecular complexity index is 770. The molecule has 3 unspecified atom stereocenters. The molecule has 1 saturated carbocycles. The molecule has 1 heterocycles. The number of ether oxygens (including phenoxy) is 1. The van der Waals surface area contributed by atoms with Gasteiger partial charge in [-0.25, -0.2) is 8.78 Å². The van der Waals surface area contributed by atoms with Crippen LogP contribution < -0.4 is 0 Å². The van der Waals surface area contributed by atoms with Gasteiger partial charge in [0.25, 0.3) is 0 Å². The summed E-state index contributed by atoms with van der Waals surface area (Å²) in [6.07, 6.45) is 17.3. The number of hydrogen-bond donors (Lipinski definition) is 0.